The number of methoxy groups -OCH3 is 1. The van der Waals surface area contributed by atoms with E-state index in [0.717, 1.165) is 18.8 Å². The van der Waals surface area contributed by atoms with Gasteiger partial charge < -0.3 is 14.8 Å². The minimum atomic E-state index is -0.315. The first-order valence-corrected chi connectivity index (χ1v) is 10.8. The first-order valence-electron chi connectivity index (χ1n) is 10.8. The molecule has 0 unspecified atom stereocenters. The van der Waals surface area contributed by atoms with Gasteiger partial charge in [-0.1, -0.05) is 58.3 Å². The number of unbranched alkanes of at least 4 members (excludes halogenated alkanes) is 9. The molecule has 0 saturated carbocycles. The van der Waals surface area contributed by atoms with Crippen molar-refractivity contribution in [2.24, 2.45) is 0 Å². The number of carbonyl (C=O) groups excluding carboxylic acids is 1. The normalized spacial score (nSPS) is 10.4. The van der Waals surface area contributed by atoms with Gasteiger partial charge in [-0.2, -0.15) is 0 Å². The van der Waals surface area contributed by atoms with Crippen LogP contribution in [-0.2, 0) is 4.74 Å². The summed E-state index contributed by atoms with van der Waals surface area (Å²) >= 11 is 0. The summed E-state index contributed by atoms with van der Waals surface area (Å²) in [4.78, 5) is 11.4. The Morgan fingerprint density at radius 3 is 1.93 bits per heavy atom. The van der Waals surface area contributed by atoms with Crippen molar-refractivity contribution in [3.8, 4) is 5.75 Å². The van der Waals surface area contributed by atoms with Gasteiger partial charge in [-0.15, -0.1) is 12.4 Å². The molecule has 162 valence electrons. The van der Waals surface area contributed by atoms with Gasteiger partial charge in [-0.3, -0.25) is 0 Å². The van der Waals surface area contributed by atoms with Crippen molar-refractivity contribution >= 4 is 18.4 Å². The Labute approximate surface area is 178 Å². The second-order valence-corrected chi connectivity index (χ2v) is 7.15. The van der Waals surface area contributed by atoms with Crippen molar-refractivity contribution in [1.29, 1.82) is 0 Å². The molecular formula is C23H40ClNO3. The fraction of sp³-hybridized carbons (Fsp3) is 0.696. The summed E-state index contributed by atoms with van der Waals surface area (Å²) in [5.41, 5.74) is 0.553. The molecule has 0 aliphatic rings. The maximum Gasteiger partial charge on any atom is 0.337 e. The lowest BCUT2D eigenvalue weighted by atomic mass is 10.1. The lowest BCUT2D eigenvalue weighted by Gasteiger charge is -2.07. The van der Waals surface area contributed by atoms with Crippen LogP contribution in [0.3, 0.4) is 0 Å². The van der Waals surface area contributed by atoms with Gasteiger partial charge in [0.15, 0.2) is 0 Å². The molecule has 0 aliphatic carbocycles. The molecular weight excluding hydrogens is 374 g/mol. The summed E-state index contributed by atoms with van der Waals surface area (Å²) in [5, 5.41) is 3.51. The number of hydrogen-bond acceptors (Lipinski definition) is 4. The largest absolute Gasteiger partial charge is 0.494 e. The molecule has 4 nitrogen and oxygen atoms in total. The second kappa shape index (κ2) is 19.1. The molecule has 28 heavy (non-hydrogen) atoms. The zero-order chi connectivity index (χ0) is 19.6. The van der Waals surface area contributed by atoms with Crippen molar-refractivity contribution in [3.05, 3.63) is 29.8 Å². The van der Waals surface area contributed by atoms with Crippen LogP contribution in [0.2, 0.25) is 0 Å². The third kappa shape index (κ3) is 13.8. The number of carbonyl (C=O) groups is 1. The van der Waals surface area contributed by atoms with Crippen molar-refractivity contribution < 1.29 is 14.3 Å². The van der Waals surface area contributed by atoms with Crippen LogP contribution >= 0.6 is 12.4 Å². The number of nitrogens with one attached hydrogen (secondary N) is 1. The molecule has 1 N–H and O–H groups in total. The maximum absolute atomic E-state index is 11.4. The fourth-order valence-corrected chi connectivity index (χ4v) is 3.01. The van der Waals surface area contributed by atoms with Gasteiger partial charge in [0, 0.05) is 0 Å². The highest BCUT2D eigenvalue weighted by Crippen LogP contribution is 2.14. The van der Waals surface area contributed by atoms with Crippen molar-refractivity contribution in [1.82, 2.24) is 5.32 Å². The summed E-state index contributed by atoms with van der Waals surface area (Å²) in [5.74, 6) is 0.497. The summed E-state index contributed by atoms with van der Waals surface area (Å²) < 4.78 is 10.4. The van der Waals surface area contributed by atoms with Gasteiger partial charge >= 0.3 is 5.97 Å². The molecule has 0 aliphatic heterocycles. The first-order chi connectivity index (χ1) is 13.3. The standard InChI is InChI=1S/C23H39NO3.ClH/c1-3-4-18-24-19-12-10-8-6-5-7-9-11-13-20-27-22-16-14-21(15-17-22)23(25)26-2;/h14-17,24H,3-13,18-20H2,1-2H3;1H. The number of benzene rings is 1. The summed E-state index contributed by atoms with van der Waals surface area (Å²) in [7, 11) is 1.39. The van der Waals surface area contributed by atoms with Gasteiger partial charge in [0.2, 0.25) is 0 Å². The quantitative estimate of drug-likeness (QED) is 0.245. The van der Waals surface area contributed by atoms with E-state index in [0.29, 0.717) is 5.56 Å². The lowest BCUT2D eigenvalue weighted by molar-refractivity contribution is 0.0600. The van der Waals surface area contributed by atoms with E-state index in [1.807, 2.05) is 12.1 Å². The van der Waals surface area contributed by atoms with Crippen LogP contribution in [-0.4, -0.2) is 32.8 Å². The van der Waals surface area contributed by atoms with Crippen molar-refractivity contribution in [2.75, 3.05) is 26.8 Å². The topological polar surface area (TPSA) is 47.6 Å². The highest BCUT2D eigenvalue weighted by atomic mass is 35.5. The number of esters is 1. The minimum absolute atomic E-state index is 0. The predicted molar refractivity (Wildman–Crippen MR) is 120 cm³/mol. The van der Waals surface area contributed by atoms with E-state index < -0.39 is 0 Å². The Kier molecular flexibility index (Phi) is 18.2. The Balaban J connectivity index is 0.00000729. The molecule has 1 rings (SSSR count). The number of hydrogen-bond donors (Lipinski definition) is 1. The molecule has 0 spiro atoms. The fourth-order valence-electron chi connectivity index (χ4n) is 3.01. The molecule has 0 fully saturated rings. The molecule has 5 heteroatoms. The van der Waals surface area contributed by atoms with Crippen LogP contribution in [0.15, 0.2) is 24.3 Å². The van der Waals surface area contributed by atoms with Crippen LogP contribution in [0, 0.1) is 0 Å². The molecule has 1 aromatic carbocycles. The Bertz CT molecular complexity index is 479. The molecule has 0 amide bonds. The van der Waals surface area contributed by atoms with Crippen LogP contribution in [0.5, 0.6) is 5.75 Å². The van der Waals surface area contributed by atoms with Gasteiger partial charge in [-0.05, 0) is 56.6 Å². The molecule has 0 saturated heterocycles. The highest BCUT2D eigenvalue weighted by Gasteiger charge is 2.04. The van der Waals surface area contributed by atoms with Gasteiger partial charge in [-0.25, -0.2) is 4.79 Å². The molecule has 0 heterocycles. The van der Waals surface area contributed by atoms with E-state index in [1.54, 1.807) is 12.1 Å². The van der Waals surface area contributed by atoms with E-state index in [-0.39, 0.29) is 18.4 Å². The van der Waals surface area contributed by atoms with E-state index >= 15 is 0 Å². The third-order valence-electron chi connectivity index (χ3n) is 4.75. The third-order valence-corrected chi connectivity index (χ3v) is 4.75. The van der Waals surface area contributed by atoms with Gasteiger partial charge in [0.1, 0.15) is 5.75 Å². The Morgan fingerprint density at radius 1 is 0.821 bits per heavy atom. The van der Waals surface area contributed by atoms with Gasteiger partial charge in [0.25, 0.3) is 0 Å². The van der Waals surface area contributed by atoms with Crippen molar-refractivity contribution in [2.45, 2.75) is 77.6 Å². The number of rotatable bonds is 17. The van der Waals surface area contributed by atoms with Crippen LogP contribution < -0.4 is 10.1 Å². The number of ether oxygens (including phenoxy) is 2. The van der Waals surface area contributed by atoms with Crippen LogP contribution in [0.25, 0.3) is 0 Å². The minimum Gasteiger partial charge on any atom is -0.494 e. The molecule has 0 atom stereocenters. The molecule has 0 aromatic heterocycles. The molecule has 0 bridgehead atoms. The zero-order valence-electron chi connectivity index (χ0n) is 17.8. The van der Waals surface area contributed by atoms with E-state index in [2.05, 4.69) is 17.0 Å². The van der Waals surface area contributed by atoms with E-state index in [9.17, 15) is 4.79 Å². The zero-order valence-corrected chi connectivity index (χ0v) is 18.7. The number of halogens is 1. The second-order valence-electron chi connectivity index (χ2n) is 7.15. The van der Waals surface area contributed by atoms with E-state index in [4.69, 9.17) is 4.74 Å². The summed E-state index contributed by atoms with van der Waals surface area (Å²) in [6.07, 6.45) is 14.3. The smallest absolute Gasteiger partial charge is 0.337 e. The highest BCUT2D eigenvalue weighted by molar-refractivity contribution is 5.89. The predicted octanol–water partition coefficient (Wildman–Crippen LogP) is 6.17. The van der Waals surface area contributed by atoms with Crippen LogP contribution in [0.4, 0.5) is 0 Å². The lowest BCUT2D eigenvalue weighted by Crippen LogP contribution is -2.16. The average Bonchev–Trinajstić information content (AvgIpc) is 2.70. The molecule has 0 radical (unpaired) electrons. The SMILES string of the molecule is CCCCNCCCCCCCCCCCOc1ccc(C(=O)OC)cc1.Cl. The Hall–Kier alpha value is -1.26. The van der Waals surface area contributed by atoms with Gasteiger partial charge in [0.05, 0.1) is 19.3 Å². The van der Waals surface area contributed by atoms with E-state index in [1.165, 1.54) is 84.4 Å². The summed E-state index contributed by atoms with van der Waals surface area (Å²) in [6.45, 7) is 5.34. The Morgan fingerprint density at radius 2 is 1.36 bits per heavy atom. The first kappa shape index (κ1) is 26.7. The van der Waals surface area contributed by atoms with Crippen LogP contribution in [0.1, 0.15) is 87.9 Å². The molecule has 1 aromatic rings. The maximum atomic E-state index is 11.4. The summed E-state index contributed by atoms with van der Waals surface area (Å²) in [6, 6.07) is 7.13. The monoisotopic (exact) mass is 413 g/mol. The van der Waals surface area contributed by atoms with Crippen molar-refractivity contribution in [3.63, 3.8) is 0 Å². The average molecular weight is 414 g/mol.